The number of nitrogens with zero attached hydrogens (tertiary/aromatic N) is 1. The van der Waals surface area contributed by atoms with Gasteiger partial charge >= 0.3 is 0 Å². The van der Waals surface area contributed by atoms with E-state index in [0.717, 1.165) is 16.3 Å². The van der Waals surface area contributed by atoms with Gasteiger partial charge in [0.2, 0.25) is 0 Å². The fraction of sp³-hybridized carbons (Fsp3) is 0.100. The van der Waals surface area contributed by atoms with Gasteiger partial charge in [0.15, 0.2) is 0 Å². The van der Waals surface area contributed by atoms with Gasteiger partial charge in [-0.2, -0.15) is 0 Å². The molecule has 0 bridgehead atoms. The van der Waals surface area contributed by atoms with Crippen LogP contribution in [-0.2, 0) is 11.1 Å². The fourth-order valence-electron chi connectivity index (χ4n) is 1.26. The van der Waals surface area contributed by atoms with Crippen molar-refractivity contribution in [2.24, 2.45) is 0 Å². The summed E-state index contributed by atoms with van der Waals surface area (Å²) >= 11 is -0.632. The maximum Gasteiger partial charge on any atom is 0.0901 e. The zero-order valence-corrected chi connectivity index (χ0v) is 9.60. The van der Waals surface area contributed by atoms with E-state index in [1.54, 1.807) is 29.5 Å². The van der Waals surface area contributed by atoms with Crippen molar-refractivity contribution >= 4 is 22.4 Å². The number of aromatic nitrogens is 1. The fourth-order valence-corrected chi connectivity index (χ4v) is 2.29. The van der Waals surface area contributed by atoms with Crippen LogP contribution >= 0.6 is 11.3 Å². The summed E-state index contributed by atoms with van der Waals surface area (Å²) in [6.07, 6.45) is 0. The van der Waals surface area contributed by atoms with Crippen LogP contribution in [0.1, 0.15) is 5.01 Å². The molecule has 5 heteroatoms. The molecule has 0 fully saturated rings. The highest BCUT2D eigenvalue weighted by Gasteiger charge is 2.02. The summed E-state index contributed by atoms with van der Waals surface area (Å²) in [4.78, 5) is 4.59. The lowest BCUT2D eigenvalue weighted by Gasteiger charge is -2.05. The number of hydrogen-bond donors (Lipinski definition) is 0. The molecule has 78 valence electrons. The second-order valence-corrected chi connectivity index (χ2v) is 5.02. The standard InChI is InChI=1S/C10H9NO2S2/c1-7-11-10(6-14-7)8-3-2-4-9(5-8)15(12)13/h2-6H,1H3,(H,12,13)/p-1. The molecule has 1 heterocycles. The van der Waals surface area contributed by atoms with Crippen molar-refractivity contribution in [2.75, 3.05) is 0 Å². The molecule has 15 heavy (non-hydrogen) atoms. The molecule has 1 unspecified atom stereocenters. The molecule has 0 spiro atoms. The van der Waals surface area contributed by atoms with Crippen LogP contribution in [0.4, 0.5) is 0 Å². The van der Waals surface area contributed by atoms with Gasteiger partial charge in [0.1, 0.15) is 0 Å². The van der Waals surface area contributed by atoms with Gasteiger partial charge in [-0.25, -0.2) is 4.98 Å². The molecule has 0 aliphatic heterocycles. The van der Waals surface area contributed by atoms with Gasteiger partial charge in [0.25, 0.3) is 0 Å². The Kier molecular flexibility index (Phi) is 2.95. The maximum atomic E-state index is 10.8. The van der Waals surface area contributed by atoms with E-state index in [0.29, 0.717) is 0 Å². The topological polar surface area (TPSA) is 53.0 Å². The summed E-state index contributed by atoms with van der Waals surface area (Å²) in [5.41, 5.74) is 1.66. The first-order valence-corrected chi connectivity index (χ1v) is 6.24. The Morgan fingerprint density at radius 2 is 2.27 bits per heavy atom. The van der Waals surface area contributed by atoms with Crippen molar-refractivity contribution in [3.05, 3.63) is 34.7 Å². The summed E-state index contributed by atoms with van der Waals surface area (Å²) in [6, 6.07) is 6.75. The highest BCUT2D eigenvalue weighted by molar-refractivity contribution is 7.79. The monoisotopic (exact) mass is 238 g/mol. The molecule has 0 saturated heterocycles. The van der Waals surface area contributed by atoms with E-state index in [4.69, 9.17) is 0 Å². The predicted octanol–water partition coefficient (Wildman–Crippen LogP) is 2.36. The van der Waals surface area contributed by atoms with E-state index in [2.05, 4.69) is 4.98 Å². The van der Waals surface area contributed by atoms with Crippen LogP contribution in [0.5, 0.6) is 0 Å². The van der Waals surface area contributed by atoms with Crippen molar-refractivity contribution in [1.29, 1.82) is 0 Å². The molecule has 2 aromatic rings. The van der Waals surface area contributed by atoms with E-state index < -0.39 is 11.1 Å². The molecule has 1 aromatic carbocycles. The summed E-state index contributed by atoms with van der Waals surface area (Å²) < 4.78 is 21.5. The molecule has 1 atom stereocenters. The first kappa shape index (κ1) is 10.5. The minimum absolute atomic E-state index is 0.290. The van der Waals surface area contributed by atoms with Crippen LogP contribution in [0, 0.1) is 6.92 Å². The summed E-state index contributed by atoms with van der Waals surface area (Å²) in [6.45, 7) is 1.92. The van der Waals surface area contributed by atoms with Gasteiger partial charge in [0.05, 0.1) is 10.7 Å². The summed E-state index contributed by atoms with van der Waals surface area (Å²) in [5, 5.41) is 2.89. The number of benzene rings is 1. The average molecular weight is 238 g/mol. The van der Waals surface area contributed by atoms with Gasteiger partial charge in [-0.3, -0.25) is 4.21 Å². The molecule has 0 aliphatic rings. The molecule has 1 aromatic heterocycles. The Labute approximate surface area is 94.1 Å². The SMILES string of the molecule is Cc1nc(-c2cccc(S(=O)[O-])c2)cs1. The number of aryl methyl sites for hydroxylation is 1. The largest absolute Gasteiger partial charge is 0.768 e. The van der Waals surface area contributed by atoms with Gasteiger partial charge in [0, 0.05) is 15.8 Å². The van der Waals surface area contributed by atoms with Crippen LogP contribution in [-0.4, -0.2) is 13.7 Å². The Morgan fingerprint density at radius 3 is 2.87 bits per heavy atom. The van der Waals surface area contributed by atoms with Crippen molar-refractivity contribution < 1.29 is 8.76 Å². The van der Waals surface area contributed by atoms with Crippen LogP contribution in [0.2, 0.25) is 0 Å². The summed E-state index contributed by atoms with van der Waals surface area (Å²) in [7, 11) is 0. The van der Waals surface area contributed by atoms with Gasteiger partial charge < -0.3 is 4.55 Å². The number of hydrogen-bond acceptors (Lipinski definition) is 4. The van der Waals surface area contributed by atoms with E-state index in [9.17, 15) is 8.76 Å². The first-order chi connectivity index (χ1) is 7.16. The molecular weight excluding hydrogens is 230 g/mol. The quantitative estimate of drug-likeness (QED) is 0.755. The molecule has 0 N–H and O–H groups in total. The zero-order valence-electron chi connectivity index (χ0n) is 7.97. The van der Waals surface area contributed by atoms with Crippen molar-refractivity contribution in [3.8, 4) is 11.3 Å². The smallest absolute Gasteiger partial charge is 0.0901 e. The molecule has 0 amide bonds. The molecule has 0 radical (unpaired) electrons. The predicted molar refractivity (Wildman–Crippen MR) is 59.5 cm³/mol. The van der Waals surface area contributed by atoms with Crippen LogP contribution in [0.3, 0.4) is 0 Å². The lowest BCUT2D eigenvalue weighted by Crippen LogP contribution is -1.89. The van der Waals surface area contributed by atoms with Gasteiger partial charge in [-0.1, -0.05) is 12.1 Å². The highest BCUT2D eigenvalue weighted by atomic mass is 32.2. The second-order valence-electron chi connectivity index (χ2n) is 3.01. The van der Waals surface area contributed by atoms with Gasteiger partial charge in [-0.05, 0) is 30.1 Å². The minimum atomic E-state index is -2.18. The van der Waals surface area contributed by atoms with E-state index in [1.165, 1.54) is 0 Å². The van der Waals surface area contributed by atoms with Crippen molar-refractivity contribution in [3.63, 3.8) is 0 Å². The number of thiazole rings is 1. The Bertz CT molecular complexity index is 508. The molecule has 0 aliphatic carbocycles. The third-order valence-electron chi connectivity index (χ3n) is 1.94. The van der Waals surface area contributed by atoms with E-state index >= 15 is 0 Å². The molecular formula is C10H8NO2S2-. The third kappa shape index (κ3) is 2.31. The first-order valence-electron chi connectivity index (χ1n) is 4.28. The van der Waals surface area contributed by atoms with Gasteiger partial charge in [-0.15, -0.1) is 11.3 Å². The molecule has 2 rings (SSSR count). The van der Waals surface area contributed by atoms with Crippen molar-refractivity contribution in [1.82, 2.24) is 4.98 Å². The van der Waals surface area contributed by atoms with Crippen LogP contribution in [0.15, 0.2) is 34.5 Å². The van der Waals surface area contributed by atoms with Crippen LogP contribution in [0.25, 0.3) is 11.3 Å². The lowest BCUT2D eigenvalue weighted by molar-refractivity contribution is 0.537. The summed E-state index contributed by atoms with van der Waals surface area (Å²) in [5.74, 6) is 0. The lowest BCUT2D eigenvalue weighted by atomic mass is 10.2. The van der Waals surface area contributed by atoms with Crippen molar-refractivity contribution in [2.45, 2.75) is 11.8 Å². The normalized spacial score (nSPS) is 12.7. The maximum absolute atomic E-state index is 10.8. The Hall–Kier alpha value is -1.04. The highest BCUT2D eigenvalue weighted by Crippen LogP contribution is 2.23. The minimum Gasteiger partial charge on any atom is -0.768 e. The zero-order chi connectivity index (χ0) is 10.8. The Balaban J connectivity index is 2.45. The third-order valence-corrected chi connectivity index (χ3v) is 3.35. The van der Waals surface area contributed by atoms with E-state index in [1.807, 2.05) is 18.4 Å². The van der Waals surface area contributed by atoms with E-state index in [-0.39, 0.29) is 4.90 Å². The molecule has 0 saturated carbocycles. The molecule has 3 nitrogen and oxygen atoms in total. The average Bonchev–Trinajstić information content (AvgIpc) is 2.65. The van der Waals surface area contributed by atoms with Crippen LogP contribution < -0.4 is 0 Å². The number of rotatable bonds is 2. The second kappa shape index (κ2) is 4.22. The Morgan fingerprint density at radius 1 is 1.47 bits per heavy atom.